The van der Waals surface area contributed by atoms with Crippen molar-refractivity contribution in [1.29, 1.82) is 0 Å². The monoisotopic (exact) mass is 566 g/mol. The third-order valence-corrected chi connectivity index (χ3v) is 9.47. The number of hydrogen-bond donors (Lipinski definition) is 2. The van der Waals surface area contributed by atoms with Gasteiger partial charge in [-0.05, 0) is 88.7 Å². The summed E-state index contributed by atoms with van der Waals surface area (Å²) < 4.78 is 7.38. The van der Waals surface area contributed by atoms with E-state index in [1.54, 1.807) is 4.57 Å². The number of amides is 2. The second-order valence-corrected chi connectivity index (χ2v) is 12.4. The van der Waals surface area contributed by atoms with E-state index in [0.29, 0.717) is 41.6 Å². The largest absolute Gasteiger partial charge is 0.376 e. The molecule has 1 saturated carbocycles. The van der Waals surface area contributed by atoms with E-state index < -0.39 is 0 Å². The SMILES string of the molecule is O=C(CSc1nc2ccccc2c(=O)n1CC1CCC(C(=O)NC[C@H]2CCCO2)CC1)NCCC1=CCCCC1. The number of aromatic nitrogens is 2. The number of fused-ring (bicyclic) bond motifs is 1. The lowest BCUT2D eigenvalue weighted by atomic mass is 9.81. The van der Waals surface area contributed by atoms with Crippen LogP contribution >= 0.6 is 11.8 Å². The van der Waals surface area contributed by atoms with Crippen LogP contribution in [-0.2, 0) is 20.9 Å². The van der Waals surface area contributed by atoms with E-state index in [0.717, 1.165) is 64.4 Å². The molecular formula is C31H42N4O4S. The number of hydrogen-bond acceptors (Lipinski definition) is 6. The number of nitrogens with zero attached hydrogens (tertiary/aromatic N) is 2. The Kier molecular flexibility index (Phi) is 10.3. The van der Waals surface area contributed by atoms with Gasteiger partial charge in [-0.15, -0.1) is 0 Å². The molecule has 0 radical (unpaired) electrons. The van der Waals surface area contributed by atoms with Gasteiger partial charge in [0.25, 0.3) is 5.56 Å². The molecule has 2 fully saturated rings. The maximum atomic E-state index is 13.5. The number of carbonyl (C=O) groups excluding carboxylic acids is 2. The molecule has 1 aromatic heterocycles. The Morgan fingerprint density at radius 3 is 2.67 bits per heavy atom. The van der Waals surface area contributed by atoms with Crippen LogP contribution in [0.15, 0.2) is 45.9 Å². The molecule has 1 saturated heterocycles. The molecule has 9 heteroatoms. The summed E-state index contributed by atoms with van der Waals surface area (Å²) >= 11 is 1.33. The second-order valence-electron chi connectivity index (χ2n) is 11.4. The molecule has 40 heavy (non-hydrogen) atoms. The standard InChI is InChI=1S/C31H42N4O4S/c36-28(32-17-16-22-7-2-1-3-8-22)21-40-31-34-27-11-5-4-10-26(27)30(38)35(31)20-23-12-14-24(15-13-23)29(37)33-19-25-9-6-18-39-25/h4-5,7,10-11,23-25H,1-3,6,8-9,12-21H2,(H,32,36)(H,33,37)/t23?,24?,25-/m1/s1. The summed E-state index contributed by atoms with van der Waals surface area (Å²) in [6.07, 6.45) is 13.7. The normalized spacial score (nSPS) is 23.1. The number of nitrogens with one attached hydrogen (secondary N) is 2. The summed E-state index contributed by atoms with van der Waals surface area (Å²) in [7, 11) is 0. The lowest BCUT2D eigenvalue weighted by Crippen LogP contribution is -2.38. The fourth-order valence-corrected chi connectivity index (χ4v) is 6.96. The minimum absolute atomic E-state index is 0.0195. The van der Waals surface area contributed by atoms with Crippen molar-refractivity contribution in [3.63, 3.8) is 0 Å². The number of carbonyl (C=O) groups is 2. The zero-order valence-electron chi connectivity index (χ0n) is 23.4. The average molecular weight is 567 g/mol. The van der Waals surface area contributed by atoms with E-state index in [4.69, 9.17) is 9.72 Å². The number of allylic oxidation sites excluding steroid dienone is 1. The Bertz CT molecular complexity index is 1260. The Morgan fingerprint density at radius 1 is 1.05 bits per heavy atom. The molecule has 0 bridgehead atoms. The van der Waals surface area contributed by atoms with Crippen molar-refractivity contribution in [3.05, 3.63) is 46.3 Å². The predicted molar refractivity (Wildman–Crippen MR) is 158 cm³/mol. The molecule has 2 aromatic rings. The van der Waals surface area contributed by atoms with Crippen molar-refractivity contribution in [2.75, 3.05) is 25.4 Å². The van der Waals surface area contributed by atoms with Crippen LogP contribution in [0.5, 0.6) is 0 Å². The van der Waals surface area contributed by atoms with E-state index >= 15 is 0 Å². The molecule has 3 aliphatic rings. The summed E-state index contributed by atoms with van der Waals surface area (Å²) in [6, 6.07) is 7.41. The van der Waals surface area contributed by atoms with Crippen LogP contribution in [-0.4, -0.2) is 52.9 Å². The van der Waals surface area contributed by atoms with Crippen LogP contribution in [0.4, 0.5) is 0 Å². The van der Waals surface area contributed by atoms with Crippen molar-refractivity contribution in [2.24, 2.45) is 11.8 Å². The Labute approximate surface area is 240 Å². The van der Waals surface area contributed by atoms with Crippen molar-refractivity contribution in [3.8, 4) is 0 Å². The highest BCUT2D eigenvalue weighted by Crippen LogP contribution is 2.31. The second kappa shape index (κ2) is 14.3. The fraction of sp³-hybridized carbons (Fsp3) is 0.613. The molecule has 1 aromatic carbocycles. The van der Waals surface area contributed by atoms with Gasteiger partial charge in [-0.2, -0.15) is 0 Å². The van der Waals surface area contributed by atoms with Crippen LogP contribution in [0.25, 0.3) is 10.9 Å². The van der Waals surface area contributed by atoms with Crippen LogP contribution in [0.3, 0.4) is 0 Å². The number of ether oxygens (including phenoxy) is 1. The van der Waals surface area contributed by atoms with E-state index in [2.05, 4.69) is 16.7 Å². The third-order valence-electron chi connectivity index (χ3n) is 8.50. The first kappa shape index (κ1) is 28.9. The molecule has 5 rings (SSSR count). The lowest BCUT2D eigenvalue weighted by Gasteiger charge is -2.29. The van der Waals surface area contributed by atoms with Gasteiger partial charge in [-0.1, -0.05) is 35.5 Å². The van der Waals surface area contributed by atoms with Crippen LogP contribution < -0.4 is 16.2 Å². The van der Waals surface area contributed by atoms with Crippen molar-refractivity contribution < 1.29 is 14.3 Å². The Balaban J connectivity index is 1.17. The van der Waals surface area contributed by atoms with Gasteiger partial charge in [0.15, 0.2) is 5.16 Å². The maximum Gasteiger partial charge on any atom is 0.262 e. The number of para-hydroxylation sites is 1. The molecule has 1 atom stereocenters. The molecule has 2 N–H and O–H groups in total. The maximum absolute atomic E-state index is 13.5. The molecule has 216 valence electrons. The minimum Gasteiger partial charge on any atom is -0.376 e. The molecule has 1 aliphatic heterocycles. The van der Waals surface area contributed by atoms with Gasteiger partial charge >= 0.3 is 0 Å². The van der Waals surface area contributed by atoms with Gasteiger partial charge in [-0.3, -0.25) is 19.0 Å². The summed E-state index contributed by atoms with van der Waals surface area (Å²) in [5.41, 5.74) is 2.04. The number of thioether (sulfide) groups is 1. The van der Waals surface area contributed by atoms with Gasteiger partial charge in [0.05, 0.1) is 22.8 Å². The van der Waals surface area contributed by atoms with Crippen molar-refractivity contribution >= 4 is 34.5 Å². The first-order valence-electron chi connectivity index (χ1n) is 15.0. The minimum atomic E-state index is -0.0610. The lowest BCUT2D eigenvalue weighted by molar-refractivity contribution is -0.126. The van der Waals surface area contributed by atoms with Gasteiger partial charge in [0.1, 0.15) is 0 Å². The molecule has 2 amide bonds. The molecule has 8 nitrogen and oxygen atoms in total. The summed E-state index contributed by atoms with van der Waals surface area (Å²) in [6.45, 7) is 2.59. The van der Waals surface area contributed by atoms with Crippen molar-refractivity contribution in [1.82, 2.24) is 20.2 Å². The highest BCUT2D eigenvalue weighted by Gasteiger charge is 2.28. The van der Waals surface area contributed by atoms with Crippen LogP contribution in [0.1, 0.15) is 70.6 Å². The fourth-order valence-electron chi connectivity index (χ4n) is 6.12. The van der Waals surface area contributed by atoms with Crippen molar-refractivity contribution in [2.45, 2.75) is 88.4 Å². The summed E-state index contributed by atoms with van der Waals surface area (Å²) in [4.78, 5) is 43.7. The van der Waals surface area contributed by atoms with Gasteiger partial charge in [0.2, 0.25) is 11.8 Å². The highest BCUT2D eigenvalue weighted by molar-refractivity contribution is 7.99. The van der Waals surface area contributed by atoms with E-state index in [-0.39, 0.29) is 35.1 Å². The molecule has 2 heterocycles. The third kappa shape index (κ3) is 7.75. The molecule has 0 unspecified atom stereocenters. The topological polar surface area (TPSA) is 102 Å². The van der Waals surface area contributed by atoms with Crippen LogP contribution in [0, 0.1) is 11.8 Å². The first-order chi connectivity index (χ1) is 19.6. The zero-order chi connectivity index (χ0) is 27.7. The van der Waals surface area contributed by atoms with E-state index in [1.807, 2.05) is 24.3 Å². The van der Waals surface area contributed by atoms with Gasteiger partial charge < -0.3 is 15.4 Å². The Morgan fingerprint density at radius 2 is 1.90 bits per heavy atom. The summed E-state index contributed by atoms with van der Waals surface area (Å²) in [5.74, 6) is 0.623. The molecular weight excluding hydrogens is 524 g/mol. The van der Waals surface area contributed by atoms with Crippen LogP contribution in [0.2, 0.25) is 0 Å². The van der Waals surface area contributed by atoms with E-state index in [9.17, 15) is 14.4 Å². The quantitative estimate of drug-likeness (QED) is 0.234. The van der Waals surface area contributed by atoms with Gasteiger partial charge in [-0.25, -0.2) is 4.98 Å². The predicted octanol–water partition coefficient (Wildman–Crippen LogP) is 4.60. The molecule has 0 spiro atoms. The Hall–Kier alpha value is -2.65. The summed E-state index contributed by atoms with van der Waals surface area (Å²) in [5, 5.41) is 7.30. The average Bonchev–Trinajstić information content (AvgIpc) is 3.51. The smallest absolute Gasteiger partial charge is 0.262 e. The first-order valence-corrected chi connectivity index (χ1v) is 16.0. The zero-order valence-corrected chi connectivity index (χ0v) is 24.2. The van der Waals surface area contributed by atoms with E-state index in [1.165, 1.54) is 30.2 Å². The number of rotatable bonds is 11. The van der Waals surface area contributed by atoms with Gasteiger partial charge in [0, 0.05) is 32.2 Å². The molecule has 2 aliphatic carbocycles. The highest BCUT2D eigenvalue weighted by atomic mass is 32.2. The number of benzene rings is 1.